The van der Waals surface area contributed by atoms with Gasteiger partial charge in [0.15, 0.2) is 0 Å². The first-order valence-corrected chi connectivity index (χ1v) is 4.82. The molecular formula is C11H14O4. The van der Waals surface area contributed by atoms with Crippen molar-refractivity contribution in [3.8, 4) is 5.75 Å². The molecule has 2 rings (SSSR count). The van der Waals surface area contributed by atoms with Crippen LogP contribution in [0.5, 0.6) is 5.75 Å². The highest BCUT2D eigenvalue weighted by atomic mass is 16.7. The molecular weight excluding hydrogens is 196 g/mol. The lowest BCUT2D eigenvalue weighted by molar-refractivity contribution is -0.0108. The highest BCUT2D eigenvalue weighted by molar-refractivity contribution is 5.28. The molecule has 2 atom stereocenters. The average molecular weight is 210 g/mol. The number of methoxy groups -OCH3 is 1. The number of hydrogen-bond acceptors (Lipinski definition) is 4. The number of hydrogen-bond donors (Lipinski definition) is 1. The molecule has 1 N–H and O–H groups in total. The molecule has 0 aromatic heterocycles. The summed E-state index contributed by atoms with van der Waals surface area (Å²) in [7, 11) is 1.61. The van der Waals surface area contributed by atoms with Crippen molar-refractivity contribution in [3.63, 3.8) is 0 Å². The fourth-order valence-corrected chi connectivity index (χ4v) is 1.55. The van der Waals surface area contributed by atoms with Crippen molar-refractivity contribution in [1.29, 1.82) is 0 Å². The Morgan fingerprint density at radius 1 is 1.40 bits per heavy atom. The van der Waals surface area contributed by atoms with Crippen LogP contribution in [0.25, 0.3) is 0 Å². The Hall–Kier alpha value is -1.10. The van der Waals surface area contributed by atoms with Crippen LogP contribution in [0, 0.1) is 0 Å². The minimum atomic E-state index is -0.640. The second kappa shape index (κ2) is 4.61. The first-order valence-electron chi connectivity index (χ1n) is 4.82. The van der Waals surface area contributed by atoms with Crippen LogP contribution in [-0.2, 0) is 9.47 Å². The predicted octanol–water partition coefficient (Wildman–Crippen LogP) is 1.10. The normalized spacial score (nSPS) is 22.7. The smallest absolute Gasteiger partial charge is 0.147 e. The van der Waals surface area contributed by atoms with Crippen LogP contribution < -0.4 is 4.74 Å². The molecule has 0 bridgehead atoms. The summed E-state index contributed by atoms with van der Waals surface area (Å²) in [6.07, 6.45) is -0.906. The van der Waals surface area contributed by atoms with Gasteiger partial charge < -0.3 is 19.3 Å². The van der Waals surface area contributed by atoms with Crippen molar-refractivity contribution in [2.75, 3.05) is 20.5 Å². The fraction of sp³-hybridized carbons (Fsp3) is 0.455. The summed E-state index contributed by atoms with van der Waals surface area (Å²) >= 11 is 0. The van der Waals surface area contributed by atoms with E-state index in [2.05, 4.69) is 0 Å². The van der Waals surface area contributed by atoms with Gasteiger partial charge in [-0.2, -0.15) is 0 Å². The van der Waals surface area contributed by atoms with E-state index in [4.69, 9.17) is 14.2 Å². The van der Waals surface area contributed by atoms with Gasteiger partial charge in [-0.3, -0.25) is 0 Å². The van der Waals surface area contributed by atoms with Crippen LogP contribution in [0.1, 0.15) is 11.7 Å². The Labute approximate surface area is 88.4 Å². The molecule has 1 aliphatic rings. The Morgan fingerprint density at radius 2 is 2.13 bits per heavy atom. The molecule has 0 spiro atoms. The zero-order valence-corrected chi connectivity index (χ0v) is 8.55. The van der Waals surface area contributed by atoms with Crippen LogP contribution in [-0.4, -0.2) is 31.7 Å². The Kier molecular flexibility index (Phi) is 3.20. The molecule has 82 valence electrons. The monoisotopic (exact) mass is 210 g/mol. The Morgan fingerprint density at radius 3 is 2.67 bits per heavy atom. The SMILES string of the molecule is COc1ccc(C(O)C2COCO2)cc1. The predicted molar refractivity (Wildman–Crippen MR) is 53.6 cm³/mol. The van der Waals surface area contributed by atoms with Crippen LogP contribution in [0.2, 0.25) is 0 Å². The molecule has 1 heterocycles. The van der Waals surface area contributed by atoms with E-state index >= 15 is 0 Å². The maximum absolute atomic E-state index is 9.94. The third-order valence-corrected chi connectivity index (χ3v) is 2.46. The molecule has 0 radical (unpaired) electrons. The van der Waals surface area contributed by atoms with Gasteiger partial charge >= 0.3 is 0 Å². The van der Waals surface area contributed by atoms with Gasteiger partial charge in [0.25, 0.3) is 0 Å². The van der Waals surface area contributed by atoms with Crippen LogP contribution in [0.4, 0.5) is 0 Å². The summed E-state index contributed by atoms with van der Waals surface area (Å²) in [4.78, 5) is 0. The van der Waals surface area contributed by atoms with Crippen molar-refractivity contribution in [2.24, 2.45) is 0 Å². The lowest BCUT2D eigenvalue weighted by Gasteiger charge is -2.16. The van der Waals surface area contributed by atoms with Crippen LogP contribution in [0.15, 0.2) is 24.3 Å². The molecule has 4 heteroatoms. The van der Waals surface area contributed by atoms with Gasteiger partial charge in [-0.1, -0.05) is 12.1 Å². The lowest BCUT2D eigenvalue weighted by atomic mass is 10.1. The van der Waals surface area contributed by atoms with E-state index in [1.807, 2.05) is 24.3 Å². The summed E-state index contributed by atoms with van der Waals surface area (Å²) < 4.78 is 15.3. The van der Waals surface area contributed by atoms with Crippen molar-refractivity contribution in [1.82, 2.24) is 0 Å². The number of rotatable bonds is 3. The zero-order valence-electron chi connectivity index (χ0n) is 8.55. The summed E-state index contributed by atoms with van der Waals surface area (Å²) in [6, 6.07) is 7.28. The summed E-state index contributed by atoms with van der Waals surface area (Å²) in [6.45, 7) is 0.699. The van der Waals surface area contributed by atoms with Crippen molar-refractivity contribution in [3.05, 3.63) is 29.8 Å². The molecule has 1 fully saturated rings. The van der Waals surface area contributed by atoms with Gasteiger partial charge in [-0.25, -0.2) is 0 Å². The number of aliphatic hydroxyl groups is 1. The second-order valence-corrected chi connectivity index (χ2v) is 3.41. The molecule has 1 aromatic rings. The molecule has 0 aliphatic carbocycles. The third-order valence-electron chi connectivity index (χ3n) is 2.46. The topological polar surface area (TPSA) is 47.9 Å². The van der Waals surface area contributed by atoms with Crippen molar-refractivity contribution >= 4 is 0 Å². The minimum Gasteiger partial charge on any atom is -0.497 e. The van der Waals surface area contributed by atoms with E-state index in [-0.39, 0.29) is 12.9 Å². The molecule has 1 aromatic carbocycles. The molecule has 15 heavy (non-hydrogen) atoms. The van der Waals surface area contributed by atoms with E-state index in [1.54, 1.807) is 7.11 Å². The van der Waals surface area contributed by atoms with Gasteiger partial charge in [0.05, 0.1) is 13.7 Å². The molecule has 1 aliphatic heterocycles. The molecule has 2 unspecified atom stereocenters. The van der Waals surface area contributed by atoms with E-state index < -0.39 is 6.10 Å². The van der Waals surface area contributed by atoms with Gasteiger partial charge in [0, 0.05) is 0 Å². The summed E-state index contributed by atoms with van der Waals surface area (Å²) in [5.41, 5.74) is 0.811. The quantitative estimate of drug-likeness (QED) is 0.811. The maximum Gasteiger partial charge on any atom is 0.147 e. The second-order valence-electron chi connectivity index (χ2n) is 3.41. The highest BCUT2D eigenvalue weighted by Crippen LogP contribution is 2.24. The van der Waals surface area contributed by atoms with Gasteiger partial charge in [-0.05, 0) is 17.7 Å². The van der Waals surface area contributed by atoms with Crippen molar-refractivity contribution in [2.45, 2.75) is 12.2 Å². The standard InChI is InChI=1S/C11H14O4/c1-13-9-4-2-8(3-5-9)11(12)10-6-14-7-15-10/h2-5,10-12H,6-7H2,1H3. The number of ether oxygens (including phenoxy) is 3. The number of benzene rings is 1. The molecule has 0 amide bonds. The van der Waals surface area contributed by atoms with Crippen LogP contribution in [0.3, 0.4) is 0 Å². The lowest BCUT2D eigenvalue weighted by Crippen LogP contribution is -2.20. The van der Waals surface area contributed by atoms with E-state index in [9.17, 15) is 5.11 Å². The molecule has 1 saturated heterocycles. The van der Waals surface area contributed by atoms with Gasteiger partial charge in [-0.15, -0.1) is 0 Å². The first-order chi connectivity index (χ1) is 7.31. The fourth-order valence-electron chi connectivity index (χ4n) is 1.55. The van der Waals surface area contributed by atoms with E-state index in [0.29, 0.717) is 6.61 Å². The summed E-state index contributed by atoms with van der Waals surface area (Å²) in [5.74, 6) is 0.773. The Bertz CT molecular complexity index is 303. The van der Waals surface area contributed by atoms with Crippen molar-refractivity contribution < 1.29 is 19.3 Å². The maximum atomic E-state index is 9.94. The number of aliphatic hydroxyl groups excluding tert-OH is 1. The first kappa shape index (κ1) is 10.4. The minimum absolute atomic E-state index is 0.262. The van der Waals surface area contributed by atoms with Crippen LogP contribution >= 0.6 is 0 Å². The van der Waals surface area contributed by atoms with Gasteiger partial charge in [0.1, 0.15) is 24.8 Å². The largest absolute Gasteiger partial charge is 0.497 e. The zero-order chi connectivity index (χ0) is 10.7. The van der Waals surface area contributed by atoms with Gasteiger partial charge in [0.2, 0.25) is 0 Å². The van der Waals surface area contributed by atoms with E-state index in [0.717, 1.165) is 11.3 Å². The Balaban J connectivity index is 2.07. The average Bonchev–Trinajstić information content (AvgIpc) is 2.82. The van der Waals surface area contributed by atoms with E-state index in [1.165, 1.54) is 0 Å². The summed E-state index contributed by atoms with van der Waals surface area (Å²) in [5, 5.41) is 9.94. The molecule has 4 nitrogen and oxygen atoms in total. The molecule has 0 saturated carbocycles. The third kappa shape index (κ3) is 2.28. The highest BCUT2D eigenvalue weighted by Gasteiger charge is 2.25.